The fraction of sp³-hybridized carbons (Fsp3) is 0.667. The molecule has 0 atom stereocenters. The van der Waals surface area contributed by atoms with Gasteiger partial charge in [0.15, 0.2) is 0 Å². The SMILES string of the molecule is Cc1nc(CNC2CC2)c(C)[nH]1. The Morgan fingerprint density at radius 2 is 2.25 bits per heavy atom. The number of nitrogens with zero attached hydrogens (tertiary/aromatic N) is 1. The summed E-state index contributed by atoms with van der Waals surface area (Å²) in [4.78, 5) is 7.59. The molecular weight excluding hydrogens is 150 g/mol. The third-order valence-corrected chi connectivity index (χ3v) is 2.24. The molecule has 1 aromatic heterocycles. The maximum Gasteiger partial charge on any atom is 0.103 e. The van der Waals surface area contributed by atoms with Gasteiger partial charge in [-0.1, -0.05) is 0 Å². The lowest BCUT2D eigenvalue weighted by atomic mass is 10.3. The molecule has 3 nitrogen and oxygen atoms in total. The van der Waals surface area contributed by atoms with E-state index in [-0.39, 0.29) is 0 Å². The first kappa shape index (κ1) is 7.80. The smallest absolute Gasteiger partial charge is 0.103 e. The Bertz CT molecular complexity index is 273. The van der Waals surface area contributed by atoms with E-state index in [9.17, 15) is 0 Å². The molecule has 2 rings (SSSR count). The van der Waals surface area contributed by atoms with Crippen molar-refractivity contribution < 1.29 is 0 Å². The Balaban J connectivity index is 1.96. The van der Waals surface area contributed by atoms with Crippen molar-refractivity contribution in [2.75, 3.05) is 0 Å². The molecule has 0 amide bonds. The third-order valence-electron chi connectivity index (χ3n) is 2.24. The quantitative estimate of drug-likeness (QED) is 0.708. The summed E-state index contributed by atoms with van der Waals surface area (Å²) in [5.74, 6) is 1.01. The second-order valence-electron chi connectivity index (χ2n) is 3.55. The van der Waals surface area contributed by atoms with E-state index in [2.05, 4.69) is 22.2 Å². The summed E-state index contributed by atoms with van der Waals surface area (Å²) >= 11 is 0. The number of H-pyrrole nitrogens is 1. The van der Waals surface area contributed by atoms with Crippen LogP contribution in [-0.4, -0.2) is 16.0 Å². The number of hydrogen-bond acceptors (Lipinski definition) is 2. The average Bonchev–Trinajstić information content (AvgIpc) is 2.76. The Kier molecular flexibility index (Phi) is 1.89. The molecule has 0 radical (unpaired) electrons. The highest BCUT2D eigenvalue weighted by molar-refractivity contribution is 5.12. The second kappa shape index (κ2) is 2.90. The molecule has 2 N–H and O–H groups in total. The van der Waals surface area contributed by atoms with Gasteiger partial charge in [-0.25, -0.2) is 4.98 Å². The zero-order chi connectivity index (χ0) is 8.55. The van der Waals surface area contributed by atoms with E-state index in [4.69, 9.17) is 0 Å². The van der Waals surface area contributed by atoms with Crippen molar-refractivity contribution >= 4 is 0 Å². The van der Waals surface area contributed by atoms with Crippen LogP contribution in [0.5, 0.6) is 0 Å². The molecule has 1 aliphatic carbocycles. The summed E-state index contributed by atoms with van der Waals surface area (Å²) < 4.78 is 0. The van der Waals surface area contributed by atoms with Gasteiger partial charge in [0.05, 0.1) is 5.69 Å². The van der Waals surface area contributed by atoms with E-state index in [1.165, 1.54) is 24.2 Å². The van der Waals surface area contributed by atoms with Crippen molar-refractivity contribution in [1.29, 1.82) is 0 Å². The lowest BCUT2D eigenvalue weighted by Crippen LogP contribution is -2.16. The molecule has 0 aliphatic heterocycles. The van der Waals surface area contributed by atoms with E-state index in [1.54, 1.807) is 0 Å². The van der Waals surface area contributed by atoms with Gasteiger partial charge in [-0.05, 0) is 26.7 Å². The Morgan fingerprint density at radius 3 is 2.75 bits per heavy atom. The maximum absolute atomic E-state index is 4.39. The predicted octanol–water partition coefficient (Wildman–Crippen LogP) is 1.28. The van der Waals surface area contributed by atoms with Gasteiger partial charge in [0.1, 0.15) is 5.82 Å². The minimum absolute atomic E-state index is 0.765. The summed E-state index contributed by atoms with van der Waals surface area (Å²) in [7, 11) is 0. The predicted molar refractivity (Wildman–Crippen MR) is 47.9 cm³/mol. The van der Waals surface area contributed by atoms with Crippen LogP contribution in [0, 0.1) is 13.8 Å². The van der Waals surface area contributed by atoms with Crippen LogP contribution < -0.4 is 5.32 Å². The summed E-state index contributed by atoms with van der Waals surface area (Å²) in [6, 6.07) is 0.765. The van der Waals surface area contributed by atoms with Crippen LogP contribution in [0.15, 0.2) is 0 Å². The summed E-state index contributed by atoms with van der Waals surface area (Å²) in [6.07, 6.45) is 2.67. The highest BCUT2D eigenvalue weighted by atomic mass is 15.0. The van der Waals surface area contributed by atoms with Crippen molar-refractivity contribution in [2.45, 2.75) is 39.3 Å². The van der Waals surface area contributed by atoms with Crippen molar-refractivity contribution in [3.8, 4) is 0 Å². The van der Waals surface area contributed by atoms with Crippen LogP contribution in [-0.2, 0) is 6.54 Å². The zero-order valence-electron chi connectivity index (χ0n) is 7.65. The molecule has 0 unspecified atom stereocenters. The fourth-order valence-electron chi connectivity index (χ4n) is 1.36. The van der Waals surface area contributed by atoms with Crippen LogP contribution in [0.1, 0.15) is 30.1 Å². The van der Waals surface area contributed by atoms with Crippen molar-refractivity contribution in [3.63, 3.8) is 0 Å². The molecule has 66 valence electrons. The first-order chi connectivity index (χ1) is 5.75. The standard InChI is InChI=1S/C9H15N3/c1-6-9(12-7(2)11-6)5-10-8-3-4-8/h8,10H,3-5H2,1-2H3,(H,11,12). The molecule has 1 fully saturated rings. The lowest BCUT2D eigenvalue weighted by molar-refractivity contribution is 0.673. The van der Waals surface area contributed by atoms with Gasteiger partial charge in [-0.2, -0.15) is 0 Å². The monoisotopic (exact) mass is 165 g/mol. The molecule has 1 aromatic rings. The van der Waals surface area contributed by atoms with Gasteiger partial charge in [0, 0.05) is 18.3 Å². The molecule has 1 heterocycles. The number of aryl methyl sites for hydroxylation is 2. The highest BCUT2D eigenvalue weighted by Crippen LogP contribution is 2.19. The number of rotatable bonds is 3. The van der Waals surface area contributed by atoms with Crippen molar-refractivity contribution in [3.05, 3.63) is 17.2 Å². The third kappa shape index (κ3) is 1.67. The van der Waals surface area contributed by atoms with Gasteiger partial charge in [0.25, 0.3) is 0 Å². The molecule has 0 spiro atoms. The molecule has 3 heteroatoms. The Hall–Kier alpha value is -0.830. The summed E-state index contributed by atoms with van der Waals surface area (Å²) in [6.45, 7) is 4.98. The fourth-order valence-corrected chi connectivity index (χ4v) is 1.36. The summed E-state index contributed by atoms with van der Waals surface area (Å²) in [5, 5.41) is 3.44. The van der Waals surface area contributed by atoms with Crippen molar-refractivity contribution in [1.82, 2.24) is 15.3 Å². The van der Waals surface area contributed by atoms with E-state index in [0.717, 1.165) is 18.4 Å². The second-order valence-corrected chi connectivity index (χ2v) is 3.55. The number of hydrogen-bond donors (Lipinski definition) is 2. The number of imidazole rings is 1. The average molecular weight is 165 g/mol. The Morgan fingerprint density at radius 1 is 1.50 bits per heavy atom. The molecule has 1 saturated carbocycles. The maximum atomic E-state index is 4.39. The van der Waals surface area contributed by atoms with Crippen LogP contribution in [0.3, 0.4) is 0 Å². The van der Waals surface area contributed by atoms with Crippen molar-refractivity contribution in [2.24, 2.45) is 0 Å². The molecular formula is C9H15N3. The minimum Gasteiger partial charge on any atom is -0.346 e. The van der Waals surface area contributed by atoms with Crippen LogP contribution in [0.4, 0.5) is 0 Å². The van der Waals surface area contributed by atoms with E-state index in [1.807, 2.05) is 6.92 Å². The summed E-state index contributed by atoms with van der Waals surface area (Å²) in [5.41, 5.74) is 2.36. The van der Waals surface area contributed by atoms with Gasteiger partial charge >= 0.3 is 0 Å². The number of aromatic amines is 1. The molecule has 0 aromatic carbocycles. The normalized spacial score (nSPS) is 16.8. The topological polar surface area (TPSA) is 40.7 Å². The van der Waals surface area contributed by atoms with Crippen LogP contribution >= 0.6 is 0 Å². The van der Waals surface area contributed by atoms with E-state index >= 15 is 0 Å². The number of aromatic nitrogens is 2. The largest absolute Gasteiger partial charge is 0.346 e. The first-order valence-corrected chi connectivity index (χ1v) is 4.51. The van der Waals surface area contributed by atoms with Crippen LogP contribution in [0.25, 0.3) is 0 Å². The Labute approximate surface area is 72.6 Å². The molecule has 1 aliphatic rings. The van der Waals surface area contributed by atoms with Gasteiger partial charge in [0.2, 0.25) is 0 Å². The van der Waals surface area contributed by atoms with Gasteiger partial charge < -0.3 is 10.3 Å². The van der Waals surface area contributed by atoms with Gasteiger partial charge in [-0.15, -0.1) is 0 Å². The number of nitrogens with one attached hydrogen (secondary N) is 2. The van der Waals surface area contributed by atoms with Crippen LogP contribution in [0.2, 0.25) is 0 Å². The lowest BCUT2D eigenvalue weighted by Gasteiger charge is -1.99. The first-order valence-electron chi connectivity index (χ1n) is 4.51. The van der Waals surface area contributed by atoms with Gasteiger partial charge in [-0.3, -0.25) is 0 Å². The molecule has 0 bridgehead atoms. The molecule has 0 saturated heterocycles. The minimum atomic E-state index is 0.765. The molecule has 12 heavy (non-hydrogen) atoms. The van der Waals surface area contributed by atoms with E-state index in [0.29, 0.717) is 0 Å². The van der Waals surface area contributed by atoms with E-state index < -0.39 is 0 Å². The highest BCUT2D eigenvalue weighted by Gasteiger charge is 2.20. The zero-order valence-corrected chi connectivity index (χ0v) is 7.65.